The number of esters is 3. The van der Waals surface area contributed by atoms with Gasteiger partial charge in [0.05, 0.1) is 0 Å². The summed E-state index contributed by atoms with van der Waals surface area (Å²) in [4.78, 5) is 38.5. The predicted octanol–water partition coefficient (Wildman–Crippen LogP) is 25.5. The Morgan fingerprint density at radius 3 is 0.699 bits per heavy atom. The van der Waals surface area contributed by atoms with Crippen molar-refractivity contribution in [3.8, 4) is 0 Å². The van der Waals surface area contributed by atoms with Crippen LogP contribution in [0.4, 0.5) is 0 Å². The number of unbranched alkanes of at least 4 members (excludes halogenated alkanes) is 47. The van der Waals surface area contributed by atoms with Gasteiger partial charge in [-0.05, 0) is 89.9 Å². The van der Waals surface area contributed by atoms with E-state index >= 15 is 0 Å². The molecule has 6 heteroatoms. The highest BCUT2D eigenvalue weighted by molar-refractivity contribution is 5.71. The third-order valence-electron chi connectivity index (χ3n) is 16.5. The molecule has 0 aliphatic carbocycles. The van der Waals surface area contributed by atoms with Crippen LogP contribution in [0.5, 0.6) is 0 Å². The van der Waals surface area contributed by atoms with E-state index in [-0.39, 0.29) is 31.1 Å². The fourth-order valence-electron chi connectivity index (χ4n) is 11.0. The molecule has 0 aliphatic rings. The third kappa shape index (κ3) is 69.8. The lowest BCUT2D eigenvalue weighted by Crippen LogP contribution is -2.30. The van der Waals surface area contributed by atoms with Gasteiger partial charge >= 0.3 is 17.9 Å². The molecular weight excluding hydrogens is 1020 g/mol. The Labute approximate surface area is 517 Å². The van der Waals surface area contributed by atoms with Gasteiger partial charge in [-0.25, -0.2) is 0 Å². The number of ether oxygens (including phenoxy) is 3. The van der Waals surface area contributed by atoms with Crippen molar-refractivity contribution in [2.45, 2.75) is 399 Å². The molecule has 0 amide bonds. The van der Waals surface area contributed by atoms with Gasteiger partial charge in [0.15, 0.2) is 6.10 Å². The third-order valence-corrected chi connectivity index (χ3v) is 16.5. The lowest BCUT2D eigenvalue weighted by molar-refractivity contribution is -0.167. The summed E-state index contributed by atoms with van der Waals surface area (Å²) < 4.78 is 17.0. The minimum Gasteiger partial charge on any atom is -0.462 e. The molecule has 0 saturated heterocycles. The van der Waals surface area contributed by atoms with Crippen molar-refractivity contribution in [3.63, 3.8) is 0 Å². The molecule has 0 bridgehead atoms. The van der Waals surface area contributed by atoms with Crippen LogP contribution in [0.2, 0.25) is 0 Å². The first-order valence-corrected chi connectivity index (χ1v) is 36.8. The maximum atomic E-state index is 13.0. The molecule has 0 aromatic rings. The average molecular weight is 1160 g/mol. The first-order valence-electron chi connectivity index (χ1n) is 36.8. The molecule has 1 unspecified atom stereocenters. The van der Waals surface area contributed by atoms with Gasteiger partial charge in [0.2, 0.25) is 0 Å². The van der Waals surface area contributed by atoms with Crippen LogP contribution in [-0.2, 0) is 28.6 Å². The zero-order chi connectivity index (χ0) is 59.9. The van der Waals surface area contributed by atoms with E-state index in [1.807, 2.05) is 0 Å². The molecule has 6 nitrogen and oxygen atoms in total. The van der Waals surface area contributed by atoms with Crippen LogP contribution in [0, 0.1) is 0 Å². The summed E-state index contributed by atoms with van der Waals surface area (Å²) >= 11 is 0. The molecule has 0 aromatic carbocycles. The summed E-state index contributed by atoms with van der Waals surface area (Å²) in [7, 11) is 0. The van der Waals surface area contributed by atoms with E-state index in [1.165, 1.54) is 270 Å². The molecule has 0 rings (SSSR count). The van der Waals surface area contributed by atoms with Crippen molar-refractivity contribution in [2.75, 3.05) is 13.2 Å². The molecule has 484 valence electrons. The number of carbonyl (C=O) groups excluding carboxylic acids is 3. The molecule has 0 aliphatic heterocycles. The summed E-state index contributed by atoms with van der Waals surface area (Å²) in [5.74, 6) is -0.856. The maximum absolute atomic E-state index is 13.0. The van der Waals surface area contributed by atoms with Crippen LogP contribution in [-0.4, -0.2) is 37.2 Å². The molecule has 0 N–H and O–H groups in total. The number of allylic oxidation sites excluding steroid dienone is 10. The fourth-order valence-corrected chi connectivity index (χ4v) is 11.0. The maximum Gasteiger partial charge on any atom is 0.306 e. The minimum absolute atomic E-state index is 0.0736. The molecule has 0 fully saturated rings. The van der Waals surface area contributed by atoms with Crippen LogP contribution in [0.15, 0.2) is 60.8 Å². The zero-order valence-corrected chi connectivity index (χ0v) is 55.7. The topological polar surface area (TPSA) is 78.9 Å². The summed E-state index contributed by atoms with van der Waals surface area (Å²) in [6.07, 6.45) is 92.5. The van der Waals surface area contributed by atoms with Gasteiger partial charge in [-0.2, -0.15) is 0 Å². The SMILES string of the molecule is CCCCC/C=C\C/C=C\CCCCCCCCCC(=O)OCC(COC(=O)CCCCCCCCCCCCCC/C=C\C/C=C\C/C=C\CCCCCCC)OC(=O)CCCCCCCCCCCCCCCCCCCCCCC. The average Bonchev–Trinajstić information content (AvgIpc) is 3.50. The van der Waals surface area contributed by atoms with Crippen LogP contribution in [0.3, 0.4) is 0 Å². The summed E-state index contributed by atoms with van der Waals surface area (Å²) in [6, 6.07) is 0. The summed E-state index contributed by atoms with van der Waals surface area (Å²) in [5.41, 5.74) is 0. The number of rotatable bonds is 68. The first-order chi connectivity index (χ1) is 41.0. The van der Waals surface area contributed by atoms with Crippen molar-refractivity contribution in [1.29, 1.82) is 0 Å². The highest BCUT2D eigenvalue weighted by atomic mass is 16.6. The van der Waals surface area contributed by atoms with Gasteiger partial charge in [-0.1, -0.05) is 345 Å². The Balaban J connectivity index is 4.30. The van der Waals surface area contributed by atoms with Gasteiger partial charge in [-0.15, -0.1) is 0 Å². The van der Waals surface area contributed by atoms with Crippen LogP contribution >= 0.6 is 0 Å². The molecule has 0 heterocycles. The Morgan fingerprint density at radius 2 is 0.434 bits per heavy atom. The van der Waals surface area contributed by atoms with E-state index in [9.17, 15) is 14.4 Å². The Hall–Kier alpha value is -2.89. The lowest BCUT2D eigenvalue weighted by Gasteiger charge is -2.18. The standard InChI is InChI=1S/C77H140O6/c1-4-7-10-13-16-19-22-25-28-31-33-35-36-37-38-39-40-42-43-46-49-52-55-58-61-64-67-70-76(79)82-73-74(72-81-75(78)69-66-63-60-57-54-51-48-45-30-27-24-21-18-15-12-9-6-3)83-77(80)71-68-65-62-59-56-53-50-47-44-41-34-32-29-26-23-20-17-14-11-8-5-2/h18,21-22,25,27,30-31,33,36-37,74H,4-17,19-20,23-24,26,28-29,32,34-35,38-73H2,1-3H3/b21-18-,25-22-,30-27-,33-31-,37-36-. The largest absolute Gasteiger partial charge is 0.462 e. The Bertz CT molecular complexity index is 1470. The van der Waals surface area contributed by atoms with Crippen molar-refractivity contribution in [1.82, 2.24) is 0 Å². The second-order valence-corrected chi connectivity index (χ2v) is 24.9. The van der Waals surface area contributed by atoms with Crippen molar-refractivity contribution in [2.24, 2.45) is 0 Å². The summed E-state index contributed by atoms with van der Waals surface area (Å²) in [5, 5.41) is 0. The quantitative estimate of drug-likeness (QED) is 0.0261. The zero-order valence-electron chi connectivity index (χ0n) is 55.7. The van der Waals surface area contributed by atoms with Gasteiger partial charge in [0, 0.05) is 19.3 Å². The molecule has 83 heavy (non-hydrogen) atoms. The molecule has 0 aromatic heterocycles. The van der Waals surface area contributed by atoms with E-state index in [1.54, 1.807) is 0 Å². The highest BCUT2D eigenvalue weighted by Crippen LogP contribution is 2.18. The second kappa shape index (κ2) is 71.6. The van der Waals surface area contributed by atoms with E-state index in [0.717, 1.165) is 83.5 Å². The van der Waals surface area contributed by atoms with Crippen LogP contribution in [0.25, 0.3) is 0 Å². The first kappa shape index (κ1) is 80.1. The normalized spacial score (nSPS) is 12.4. The van der Waals surface area contributed by atoms with Crippen molar-refractivity contribution in [3.05, 3.63) is 60.8 Å². The molecule has 0 saturated carbocycles. The minimum atomic E-state index is -0.778. The second-order valence-electron chi connectivity index (χ2n) is 24.9. The van der Waals surface area contributed by atoms with Gasteiger partial charge in [-0.3, -0.25) is 14.4 Å². The monoisotopic (exact) mass is 1160 g/mol. The Kier molecular flexibility index (Phi) is 69.1. The van der Waals surface area contributed by atoms with Gasteiger partial charge in [0.25, 0.3) is 0 Å². The van der Waals surface area contributed by atoms with E-state index < -0.39 is 6.10 Å². The smallest absolute Gasteiger partial charge is 0.306 e. The van der Waals surface area contributed by atoms with E-state index in [2.05, 4.69) is 81.5 Å². The fraction of sp³-hybridized carbons (Fsp3) is 0.831. The highest BCUT2D eigenvalue weighted by Gasteiger charge is 2.19. The van der Waals surface area contributed by atoms with Crippen LogP contribution in [0.1, 0.15) is 393 Å². The van der Waals surface area contributed by atoms with Crippen LogP contribution < -0.4 is 0 Å². The van der Waals surface area contributed by atoms with Crippen molar-refractivity contribution < 1.29 is 28.6 Å². The van der Waals surface area contributed by atoms with Gasteiger partial charge in [0.1, 0.15) is 13.2 Å². The predicted molar refractivity (Wildman–Crippen MR) is 362 cm³/mol. The summed E-state index contributed by atoms with van der Waals surface area (Å²) in [6.45, 7) is 6.67. The lowest BCUT2D eigenvalue weighted by atomic mass is 10.0. The molecule has 0 spiro atoms. The molecule has 0 radical (unpaired) electrons. The number of hydrogen-bond donors (Lipinski definition) is 0. The number of hydrogen-bond acceptors (Lipinski definition) is 6. The molecular formula is C77H140O6. The molecule has 1 atom stereocenters. The van der Waals surface area contributed by atoms with E-state index in [4.69, 9.17) is 14.2 Å². The van der Waals surface area contributed by atoms with E-state index in [0.29, 0.717) is 19.3 Å². The Morgan fingerprint density at radius 1 is 0.241 bits per heavy atom. The number of carbonyl (C=O) groups is 3. The van der Waals surface area contributed by atoms with Gasteiger partial charge < -0.3 is 14.2 Å². The van der Waals surface area contributed by atoms with Crippen molar-refractivity contribution >= 4 is 17.9 Å².